The van der Waals surface area contributed by atoms with Crippen molar-refractivity contribution in [3.63, 3.8) is 0 Å². The van der Waals surface area contributed by atoms with E-state index < -0.39 is 13.9 Å². The molecule has 2 rings (SSSR count). The van der Waals surface area contributed by atoms with Crippen LogP contribution in [0.4, 0.5) is 0 Å². The predicted octanol–water partition coefficient (Wildman–Crippen LogP) is 2.59. The van der Waals surface area contributed by atoms with Crippen molar-refractivity contribution in [3.05, 3.63) is 60.7 Å². The summed E-state index contributed by atoms with van der Waals surface area (Å²) in [6.45, 7) is 0. The van der Waals surface area contributed by atoms with Gasteiger partial charge in [-0.05, 0) is 24.7 Å². The number of carbonyl (C=O) groups is 1. The molecule has 102 valence electrons. The Morgan fingerprint density at radius 1 is 0.895 bits per heavy atom. The molecule has 2 aromatic rings. The molecule has 19 heavy (non-hydrogen) atoms. The predicted molar refractivity (Wildman–Crippen MR) is 76.2 cm³/mol. The summed E-state index contributed by atoms with van der Waals surface area (Å²) in [6.07, 6.45) is 0.911. The molecular weight excluding hydrogens is 302 g/mol. The van der Waals surface area contributed by atoms with Gasteiger partial charge in [0.05, 0.1) is 0 Å². The summed E-state index contributed by atoms with van der Waals surface area (Å²) in [5, 5.41) is 11.3. The zero-order valence-electron chi connectivity index (χ0n) is 10.3. The van der Waals surface area contributed by atoms with Gasteiger partial charge in [-0.3, -0.25) is 4.79 Å². The molecular formula is C15H15NiO2P. The summed E-state index contributed by atoms with van der Waals surface area (Å²) in [5.74, 6) is -0.727. The molecule has 4 heteroatoms. The van der Waals surface area contributed by atoms with Crippen molar-refractivity contribution in [1.29, 1.82) is 0 Å². The van der Waals surface area contributed by atoms with Gasteiger partial charge in [-0.2, -0.15) is 0 Å². The van der Waals surface area contributed by atoms with Gasteiger partial charge in [0.2, 0.25) is 0 Å². The zero-order valence-corrected chi connectivity index (χ0v) is 12.2. The number of hydrogen-bond acceptors (Lipinski definition) is 1. The maximum atomic E-state index is 10.8. The Labute approximate surface area is 124 Å². The van der Waals surface area contributed by atoms with Gasteiger partial charge in [-0.15, -0.1) is 0 Å². The quantitative estimate of drug-likeness (QED) is 0.680. The minimum absolute atomic E-state index is 0. The van der Waals surface area contributed by atoms with Gasteiger partial charge in [-0.1, -0.05) is 60.7 Å². The maximum absolute atomic E-state index is 10.8. The van der Waals surface area contributed by atoms with E-state index in [4.69, 9.17) is 5.11 Å². The molecule has 0 bridgehead atoms. The molecule has 0 unspecified atom stereocenters. The van der Waals surface area contributed by atoms with Crippen molar-refractivity contribution in [1.82, 2.24) is 0 Å². The van der Waals surface area contributed by atoms with Crippen molar-refractivity contribution in [2.24, 2.45) is 0 Å². The summed E-state index contributed by atoms with van der Waals surface area (Å²) in [4.78, 5) is 10.8. The van der Waals surface area contributed by atoms with Crippen molar-refractivity contribution < 1.29 is 26.4 Å². The number of hydrogen-bond donors (Lipinski definition) is 1. The van der Waals surface area contributed by atoms with E-state index in [9.17, 15) is 4.79 Å². The van der Waals surface area contributed by atoms with E-state index in [0.29, 0.717) is 6.16 Å². The Bertz CT molecular complexity index is 463. The molecule has 0 aliphatic carbocycles. The van der Waals surface area contributed by atoms with E-state index in [-0.39, 0.29) is 22.9 Å². The Balaban J connectivity index is 0.00000180. The molecule has 0 spiro atoms. The van der Waals surface area contributed by atoms with E-state index >= 15 is 0 Å². The molecule has 2 aromatic carbocycles. The summed E-state index contributed by atoms with van der Waals surface area (Å²) >= 11 is 0. The van der Waals surface area contributed by atoms with Crippen LogP contribution in [0.25, 0.3) is 0 Å². The molecule has 0 saturated heterocycles. The summed E-state index contributed by atoms with van der Waals surface area (Å²) in [7, 11) is -0.564. The first kappa shape index (κ1) is 15.9. The van der Waals surface area contributed by atoms with Gasteiger partial charge in [0.15, 0.2) is 0 Å². The van der Waals surface area contributed by atoms with Gasteiger partial charge in [0.25, 0.3) is 0 Å². The van der Waals surface area contributed by atoms with E-state index in [2.05, 4.69) is 24.3 Å². The third kappa shape index (κ3) is 4.78. The second-order valence-electron chi connectivity index (χ2n) is 3.97. The fourth-order valence-electron chi connectivity index (χ4n) is 1.83. The summed E-state index contributed by atoms with van der Waals surface area (Å²) in [6, 6.07) is 20.3. The van der Waals surface area contributed by atoms with Crippen LogP contribution < -0.4 is 10.6 Å². The number of carboxylic acids is 1. The third-order valence-electron chi connectivity index (χ3n) is 2.69. The Morgan fingerprint density at radius 2 is 1.32 bits per heavy atom. The van der Waals surface area contributed by atoms with Crippen LogP contribution in [0.15, 0.2) is 60.7 Å². The topological polar surface area (TPSA) is 37.3 Å². The van der Waals surface area contributed by atoms with Crippen molar-refractivity contribution in [2.75, 3.05) is 6.16 Å². The van der Waals surface area contributed by atoms with Gasteiger partial charge >= 0.3 is 5.97 Å². The molecule has 0 aliphatic rings. The smallest absolute Gasteiger partial charge is 0.303 e. The summed E-state index contributed by atoms with van der Waals surface area (Å²) in [5.41, 5.74) is 0. The van der Waals surface area contributed by atoms with Crippen LogP contribution in [0.3, 0.4) is 0 Å². The minimum Gasteiger partial charge on any atom is -0.481 e. The second-order valence-corrected chi connectivity index (χ2v) is 6.30. The average Bonchev–Trinajstić information content (AvgIpc) is 2.41. The first-order valence-corrected chi connectivity index (χ1v) is 7.39. The molecule has 0 fully saturated rings. The van der Waals surface area contributed by atoms with Crippen molar-refractivity contribution in [3.8, 4) is 0 Å². The first-order chi connectivity index (χ1) is 8.77. The number of aliphatic carboxylic acids is 1. The average molecular weight is 317 g/mol. The molecule has 0 aliphatic heterocycles. The van der Waals surface area contributed by atoms with Crippen LogP contribution in [0, 0.1) is 0 Å². The van der Waals surface area contributed by atoms with Crippen LogP contribution in [0.1, 0.15) is 6.42 Å². The Hall–Kier alpha value is -1.17. The third-order valence-corrected chi connectivity index (χ3v) is 5.20. The van der Waals surface area contributed by atoms with Crippen LogP contribution in [0.5, 0.6) is 0 Å². The van der Waals surface area contributed by atoms with Crippen LogP contribution in [-0.2, 0) is 21.3 Å². The van der Waals surface area contributed by atoms with Crippen LogP contribution >= 0.6 is 7.92 Å². The normalized spacial score (nSPS) is 9.95. The second kappa shape index (κ2) is 8.09. The first-order valence-electron chi connectivity index (χ1n) is 5.87. The van der Waals surface area contributed by atoms with Gasteiger partial charge in [-0.25, -0.2) is 0 Å². The molecule has 0 aromatic heterocycles. The van der Waals surface area contributed by atoms with Crippen molar-refractivity contribution in [2.45, 2.75) is 6.42 Å². The molecule has 2 nitrogen and oxygen atoms in total. The summed E-state index contributed by atoms with van der Waals surface area (Å²) < 4.78 is 0. The Morgan fingerprint density at radius 3 is 1.68 bits per heavy atom. The van der Waals surface area contributed by atoms with Gasteiger partial charge in [0.1, 0.15) is 0 Å². The number of benzene rings is 2. The van der Waals surface area contributed by atoms with Crippen molar-refractivity contribution >= 4 is 24.5 Å². The number of carboxylic acid groups (broad SMARTS) is 1. The molecule has 0 atom stereocenters. The van der Waals surface area contributed by atoms with E-state index in [1.807, 2.05) is 36.4 Å². The molecule has 0 saturated carbocycles. The fourth-order valence-corrected chi connectivity index (χ4v) is 4.12. The monoisotopic (exact) mass is 316 g/mol. The van der Waals surface area contributed by atoms with E-state index in [0.717, 1.165) is 0 Å². The zero-order chi connectivity index (χ0) is 12.8. The van der Waals surface area contributed by atoms with Crippen LogP contribution in [0.2, 0.25) is 0 Å². The van der Waals surface area contributed by atoms with E-state index in [1.54, 1.807) is 0 Å². The van der Waals surface area contributed by atoms with Gasteiger partial charge in [0, 0.05) is 22.9 Å². The molecule has 0 amide bonds. The maximum Gasteiger partial charge on any atom is 0.303 e. The molecule has 0 radical (unpaired) electrons. The molecule has 0 heterocycles. The SMILES string of the molecule is O=C(O)CCP(c1ccccc1)c1ccccc1.[Ni]. The molecule has 1 N–H and O–H groups in total. The van der Waals surface area contributed by atoms with E-state index in [1.165, 1.54) is 10.6 Å². The Kier molecular flexibility index (Phi) is 6.77. The fraction of sp³-hybridized carbons (Fsp3) is 0.133. The van der Waals surface area contributed by atoms with Gasteiger partial charge < -0.3 is 5.11 Å². The number of rotatable bonds is 5. The largest absolute Gasteiger partial charge is 0.481 e. The standard InChI is InChI=1S/C15H15O2P.Ni/c16-15(17)11-12-18(13-7-3-1-4-8-13)14-9-5-2-6-10-14;/h1-10H,11-12H2,(H,16,17);. The van der Waals surface area contributed by atoms with Crippen LogP contribution in [-0.4, -0.2) is 17.2 Å². The minimum atomic E-state index is -0.727.